The summed E-state index contributed by atoms with van der Waals surface area (Å²) in [6.45, 7) is 1.99. The van der Waals surface area contributed by atoms with Crippen molar-refractivity contribution < 1.29 is 14.0 Å². The molecule has 0 aliphatic heterocycles. The molecule has 1 aliphatic rings. The van der Waals surface area contributed by atoms with E-state index in [1.54, 1.807) is 36.1 Å². The van der Waals surface area contributed by atoms with E-state index in [2.05, 4.69) is 5.32 Å². The average molecular weight is 431 g/mol. The van der Waals surface area contributed by atoms with Crippen LogP contribution in [0.5, 0.6) is 0 Å². The van der Waals surface area contributed by atoms with E-state index in [1.807, 2.05) is 12.1 Å². The Morgan fingerprint density at radius 1 is 1.03 bits per heavy atom. The van der Waals surface area contributed by atoms with Crippen LogP contribution >= 0.6 is 11.6 Å². The summed E-state index contributed by atoms with van der Waals surface area (Å²) in [5, 5.41) is 3.72. The number of nitrogens with zero attached hydrogens (tertiary/aromatic N) is 1. The summed E-state index contributed by atoms with van der Waals surface area (Å²) in [7, 11) is 0. The molecule has 2 aromatic rings. The largest absolute Gasteiger partial charge is 0.352 e. The normalized spacial score (nSPS) is 15.4. The maximum Gasteiger partial charge on any atom is 0.242 e. The zero-order chi connectivity index (χ0) is 21.5. The Morgan fingerprint density at radius 2 is 1.63 bits per heavy atom. The Hall–Kier alpha value is -2.40. The molecule has 0 heterocycles. The first kappa shape index (κ1) is 22.3. The lowest BCUT2D eigenvalue weighted by molar-refractivity contribution is -0.140. The van der Waals surface area contributed by atoms with Gasteiger partial charge in [-0.15, -0.1) is 0 Å². The second-order valence-corrected chi connectivity index (χ2v) is 8.41. The highest BCUT2D eigenvalue weighted by Crippen LogP contribution is 2.19. The number of benzene rings is 2. The topological polar surface area (TPSA) is 49.4 Å². The van der Waals surface area contributed by atoms with Crippen molar-refractivity contribution in [3.63, 3.8) is 0 Å². The van der Waals surface area contributed by atoms with Crippen LogP contribution in [0.3, 0.4) is 0 Å². The summed E-state index contributed by atoms with van der Waals surface area (Å²) in [6.07, 6.45) is 5.57. The van der Waals surface area contributed by atoms with Gasteiger partial charge in [-0.05, 0) is 55.2 Å². The lowest BCUT2D eigenvalue weighted by Crippen LogP contribution is -2.50. The van der Waals surface area contributed by atoms with E-state index in [1.165, 1.54) is 18.6 Å². The monoisotopic (exact) mass is 430 g/mol. The van der Waals surface area contributed by atoms with Gasteiger partial charge >= 0.3 is 0 Å². The summed E-state index contributed by atoms with van der Waals surface area (Å²) in [5.74, 6) is -0.637. The summed E-state index contributed by atoms with van der Waals surface area (Å²) in [4.78, 5) is 27.6. The summed E-state index contributed by atoms with van der Waals surface area (Å²) < 4.78 is 13.3. The first-order chi connectivity index (χ1) is 14.4. The molecule has 1 saturated carbocycles. The third kappa shape index (κ3) is 6.30. The van der Waals surface area contributed by atoms with Crippen LogP contribution < -0.4 is 5.32 Å². The number of hydrogen-bond acceptors (Lipinski definition) is 2. The Balaban J connectivity index is 1.74. The molecule has 4 nitrogen and oxygen atoms in total. The van der Waals surface area contributed by atoms with Crippen molar-refractivity contribution in [2.45, 2.75) is 64.1 Å². The average Bonchev–Trinajstić information content (AvgIpc) is 2.75. The minimum absolute atomic E-state index is 0.145. The van der Waals surface area contributed by atoms with Gasteiger partial charge in [-0.3, -0.25) is 9.59 Å². The predicted octanol–water partition coefficient (Wildman–Crippen LogP) is 4.89. The molecule has 0 aromatic heterocycles. The van der Waals surface area contributed by atoms with Gasteiger partial charge in [0, 0.05) is 17.6 Å². The van der Waals surface area contributed by atoms with Crippen LogP contribution in [0.25, 0.3) is 0 Å². The summed E-state index contributed by atoms with van der Waals surface area (Å²) >= 11 is 5.94. The molecule has 2 amide bonds. The minimum atomic E-state index is -0.628. The van der Waals surface area contributed by atoms with Gasteiger partial charge in [-0.25, -0.2) is 4.39 Å². The molecule has 30 heavy (non-hydrogen) atoms. The number of halogens is 2. The third-order valence-corrected chi connectivity index (χ3v) is 5.91. The Kier molecular flexibility index (Phi) is 7.86. The first-order valence-electron chi connectivity index (χ1n) is 10.5. The van der Waals surface area contributed by atoms with Crippen molar-refractivity contribution in [1.29, 1.82) is 0 Å². The quantitative estimate of drug-likeness (QED) is 0.680. The van der Waals surface area contributed by atoms with Gasteiger partial charge in [-0.1, -0.05) is 55.1 Å². The molecule has 2 aromatic carbocycles. The van der Waals surface area contributed by atoms with E-state index in [0.29, 0.717) is 5.02 Å². The highest BCUT2D eigenvalue weighted by atomic mass is 35.5. The molecule has 0 saturated heterocycles. The van der Waals surface area contributed by atoms with Gasteiger partial charge in [0.2, 0.25) is 11.8 Å². The van der Waals surface area contributed by atoms with Crippen molar-refractivity contribution in [2.75, 3.05) is 0 Å². The van der Waals surface area contributed by atoms with Gasteiger partial charge < -0.3 is 10.2 Å². The Labute approximate surface area is 182 Å². The second kappa shape index (κ2) is 10.6. The predicted molar refractivity (Wildman–Crippen MR) is 117 cm³/mol. The van der Waals surface area contributed by atoms with Crippen LogP contribution in [-0.2, 0) is 22.6 Å². The van der Waals surface area contributed by atoms with E-state index in [4.69, 9.17) is 11.6 Å². The van der Waals surface area contributed by atoms with E-state index in [0.717, 1.165) is 36.8 Å². The lowest BCUT2D eigenvalue weighted by Gasteiger charge is -2.31. The molecule has 6 heteroatoms. The Morgan fingerprint density at radius 3 is 2.27 bits per heavy atom. The fraction of sp³-hybridized carbons (Fsp3) is 0.417. The van der Waals surface area contributed by atoms with Gasteiger partial charge in [0.1, 0.15) is 11.9 Å². The van der Waals surface area contributed by atoms with Crippen LogP contribution in [0.2, 0.25) is 5.02 Å². The van der Waals surface area contributed by atoms with Crippen LogP contribution in [0.15, 0.2) is 48.5 Å². The van der Waals surface area contributed by atoms with Crippen LogP contribution in [0.4, 0.5) is 4.39 Å². The minimum Gasteiger partial charge on any atom is -0.352 e. The first-order valence-corrected chi connectivity index (χ1v) is 10.9. The molecule has 1 aliphatic carbocycles. The van der Waals surface area contributed by atoms with E-state index in [9.17, 15) is 14.0 Å². The van der Waals surface area contributed by atoms with Crippen LogP contribution in [0.1, 0.15) is 50.2 Å². The molecule has 0 spiro atoms. The maximum atomic E-state index is 13.3. The molecule has 0 radical (unpaired) electrons. The second-order valence-electron chi connectivity index (χ2n) is 7.97. The third-order valence-electron chi connectivity index (χ3n) is 5.65. The number of hydrogen-bond donors (Lipinski definition) is 1. The molecule has 1 atom stereocenters. The number of rotatable bonds is 7. The SMILES string of the molecule is C[C@@H](C(=O)NC1CCCCC1)N(Cc1ccc(F)cc1)C(=O)Cc1ccc(Cl)cc1. The molecule has 1 fully saturated rings. The lowest BCUT2D eigenvalue weighted by atomic mass is 9.95. The maximum absolute atomic E-state index is 13.3. The molecule has 0 unspecified atom stereocenters. The molecule has 1 N–H and O–H groups in total. The van der Waals surface area contributed by atoms with Crippen molar-refractivity contribution in [3.8, 4) is 0 Å². The fourth-order valence-corrected chi connectivity index (χ4v) is 3.94. The highest BCUT2D eigenvalue weighted by molar-refractivity contribution is 6.30. The summed E-state index contributed by atoms with van der Waals surface area (Å²) in [6, 6.07) is 12.7. The van der Waals surface area contributed by atoms with Crippen molar-refractivity contribution in [1.82, 2.24) is 10.2 Å². The van der Waals surface area contributed by atoms with E-state index < -0.39 is 6.04 Å². The smallest absolute Gasteiger partial charge is 0.242 e. The fourth-order valence-electron chi connectivity index (χ4n) is 3.82. The molecule has 160 valence electrons. The van der Waals surface area contributed by atoms with Crippen molar-refractivity contribution >= 4 is 23.4 Å². The standard InChI is InChI=1S/C24H28ClFN2O2/c1-17(24(30)27-22-5-3-2-4-6-22)28(16-19-9-13-21(26)14-10-19)23(29)15-18-7-11-20(25)12-8-18/h7-14,17,22H,2-6,15-16H2,1H3,(H,27,30)/t17-/m0/s1. The van der Waals surface area contributed by atoms with E-state index >= 15 is 0 Å². The van der Waals surface area contributed by atoms with Crippen LogP contribution in [0, 0.1) is 5.82 Å². The number of amides is 2. The zero-order valence-electron chi connectivity index (χ0n) is 17.2. The van der Waals surface area contributed by atoms with Crippen LogP contribution in [-0.4, -0.2) is 28.8 Å². The van der Waals surface area contributed by atoms with Gasteiger partial charge in [0.05, 0.1) is 6.42 Å². The Bertz CT molecular complexity index is 849. The van der Waals surface area contributed by atoms with E-state index in [-0.39, 0.29) is 36.6 Å². The highest BCUT2D eigenvalue weighted by Gasteiger charge is 2.28. The molecular weight excluding hydrogens is 403 g/mol. The van der Waals surface area contributed by atoms with Gasteiger partial charge in [0.15, 0.2) is 0 Å². The van der Waals surface area contributed by atoms with Gasteiger partial charge in [0.25, 0.3) is 0 Å². The number of carbonyl (C=O) groups is 2. The molecule has 3 rings (SSSR count). The van der Waals surface area contributed by atoms with Crippen molar-refractivity contribution in [3.05, 3.63) is 70.5 Å². The van der Waals surface area contributed by atoms with Crippen molar-refractivity contribution in [2.24, 2.45) is 0 Å². The number of nitrogens with one attached hydrogen (secondary N) is 1. The molecule has 0 bridgehead atoms. The van der Waals surface area contributed by atoms with Gasteiger partial charge in [-0.2, -0.15) is 0 Å². The molecular formula is C24H28ClFN2O2. The summed E-state index contributed by atoms with van der Waals surface area (Å²) in [5.41, 5.74) is 1.60. The number of carbonyl (C=O) groups excluding carboxylic acids is 2. The zero-order valence-corrected chi connectivity index (χ0v) is 18.0.